The summed E-state index contributed by atoms with van der Waals surface area (Å²) in [6.45, 7) is 1.71. The first-order valence-corrected chi connectivity index (χ1v) is 7.62. The largest absolute Gasteiger partial charge is 0.324 e. The van der Waals surface area contributed by atoms with Crippen molar-refractivity contribution in [1.82, 2.24) is 0 Å². The molecule has 1 unspecified atom stereocenters. The molecule has 3 N–H and O–H groups in total. The van der Waals surface area contributed by atoms with Crippen molar-refractivity contribution in [3.8, 4) is 0 Å². The van der Waals surface area contributed by atoms with Crippen molar-refractivity contribution in [2.24, 2.45) is 5.73 Å². The summed E-state index contributed by atoms with van der Waals surface area (Å²) >= 11 is 0. The van der Waals surface area contributed by atoms with Gasteiger partial charge < -0.3 is 5.73 Å². The average molecular weight is 312 g/mol. The van der Waals surface area contributed by atoms with Crippen LogP contribution in [0.25, 0.3) is 0 Å². The highest BCUT2D eigenvalue weighted by molar-refractivity contribution is 7.92. The van der Waals surface area contributed by atoms with Crippen LogP contribution in [0.15, 0.2) is 47.4 Å². The van der Waals surface area contributed by atoms with Crippen LogP contribution in [-0.4, -0.2) is 8.42 Å². The van der Waals surface area contributed by atoms with Gasteiger partial charge in [-0.1, -0.05) is 18.2 Å². The normalized spacial score (nSPS) is 13.0. The quantitative estimate of drug-likeness (QED) is 0.912. The molecule has 4 nitrogen and oxygen atoms in total. The lowest BCUT2D eigenvalue weighted by Gasteiger charge is -2.11. The third-order valence-corrected chi connectivity index (χ3v) is 4.25. The minimum Gasteiger partial charge on any atom is -0.324 e. The second-order valence-electron chi connectivity index (χ2n) is 4.57. The van der Waals surface area contributed by atoms with Gasteiger partial charge in [0.25, 0.3) is 10.0 Å². The zero-order valence-corrected chi connectivity index (χ0v) is 12.0. The highest BCUT2D eigenvalue weighted by atomic mass is 32.2. The van der Waals surface area contributed by atoms with Crippen LogP contribution in [0, 0.1) is 11.6 Å². The Morgan fingerprint density at radius 2 is 1.81 bits per heavy atom. The molecule has 0 saturated carbocycles. The van der Waals surface area contributed by atoms with Crippen LogP contribution >= 0.6 is 0 Å². The fraction of sp³-hybridized carbons (Fsp3) is 0.143. The maximum absolute atomic E-state index is 13.5. The lowest BCUT2D eigenvalue weighted by atomic mass is 10.1. The molecule has 0 heterocycles. The number of nitrogens with one attached hydrogen (secondary N) is 1. The number of anilines is 1. The van der Waals surface area contributed by atoms with Crippen LogP contribution in [0.1, 0.15) is 18.5 Å². The van der Waals surface area contributed by atoms with Crippen LogP contribution < -0.4 is 10.5 Å². The topological polar surface area (TPSA) is 72.2 Å². The Bertz CT molecular complexity index is 761. The Kier molecular flexibility index (Phi) is 4.24. The Hall–Kier alpha value is -1.99. The first kappa shape index (κ1) is 15.4. The molecule has 0 aliphatic rings. The van der Waals surface area contributed by atoms with Gasteiger partial charge in [0, 0.05) is 6.04 Å². The molecule has 2 aromatic rings. The van der Waals surface area contributed by atoms with Crippen molar-refractivity contribution in [3.05, 3.63) is 59.7 Å². The van der Waals surface area contributed by atoms with Gasteiger partial charge in [0.2, 0.25) is 0 Å². The van der Waals surface area contributed by atoms with Gasteiger partial charge in [0.1, 0.15) is 0 Å². The van der Waals surface area contributed by atoms with Gasteiger partial charge in [-0.3, -0.25) is 4.72 Å². The molecule has 0 amide bonds. The number of rotatable bonds is 4. The van der Waals surface area contributed by atoms with Gasteiger partial charge in [-0.05, 0) is 36.8 Å². The molecule has 0 aliphatic heterocycles. The minimum atomic E-state index is -4.02. The molecule has 0 saturated heterocycles. The van der Waals surface area contributed by atoms with Crippen LogP contribution in [0.5, 0.6) is 0 Å². The SMILES string of the molecule is CC(N)c1cccc(S(=O)(=O)Nc2cccc(F)c2F)c1. The highest BCUT2D eigenvalue weighted by Crippen LogP contribution is 2.22. The summed E-state index contributed by atoms with van der Waals surface area (Å²) in [6, 6.07) is 8.90. The van der Waals surface area contributed by atoms with E-state index in [-0.39, 0.29) is 10.9 Å². The van der Waals surface area contributed by atoms with E-state index in [2.05, 4.69) is 0 Å². The first-order chi connectivity index (χ1) is 9.81. The van der Waals surface area contributed by atoms with E-state index in [0.29, 0.717) is 5.56 Å². The summed E-state index contributed by atoms with van der Waals surface area (Å²) in [5, 5.41) is 0. The Balaban J connectivity index is 2.39. The van der Waals surface area contributed by atoms with E-state index in [1.807, 2.05) is 4.72 Å². The van der Waals surface area contributed by atoms with E-state index >= 15 is 0 Å². The summed E-state index contributed by atoms with van der Waals surface area (Å²) in [5.41, 5.74) is 5.88. The van der Waals surface area contributed by atoms with E-state index in [9.17, 15) is 17.2 Å². The summed E-state index contributed by atoms with van der Waals surface area (Å²) in [4.78, 5) is -0.0686. The van der Waals surface area contributed by atoms with E-state index in [1.54, 1.807) is 13.0 Å². The van der Waals surface area contributed by atoms with E-state index in [4.69, 9.17) is 5.73 Å². The molecule has 2 aromatic carbocycles. The second-order valence-corrected chi connectivity index (χ2v) is 6.25. The van der Waals surface area contributed by atoms with E-state index < -0.39 is 27.3 Å². The molecule has 1 atom stereocenters. The summed E-state index contributed by atoms with van der Waals surface area (Å²) < 4.78 is 53.1. The molecule has 112 valence electrons. The molecule has 2 rings (SSSR count). The fourth-order valence-electron chi connectivity index (χ4n) is 1.75. The van der Waals surface area contributed by atoms with Gasteiger partial charge in [-0.2, -0.15) is 0 Å². The molecule has 0 fully saturated rings. The van der Waals surface area contributed by atoms with Gasteiger partial charge in [-0.15, -0.1) is 0 Å². The molecule has 0 spiro atoms. The molecule has 0 aromatic heterocycles. The third-order valence-electron chi connectivity index (χ3n) is 2.89. The van der Waals surface area contributed by atoms with Crippen molar-refractivity contribution in [1.29, 1.82) is 0 Å². The van der Waals surface area contributed by atoms with Crippen molar-refractivity contribution in [2.75, 3.05) is 4.72 Å². The molecule has 21 heavy (non-hydrogen) atoms. The van der Waals surface area contributed by atoms with Crippen molar-refractivity contribution < 1.29 is 17.2 Å². The summed E-state index contributed by atoms with van der Waals surface area (Å²) in [6.07, 6.45) is 0. The fourth-order valence-corrected chi connectivity index (χ4v) is 2.87. The molecule has 0 bridgehead atoms. The maximum atomic E-state index is 13.5. The molecule has 0 radical (unpaired) electrons. The van der Waals surface area contributed by atoms with Crippen LogP contribution in [0.3, 0.4) is 0 Å². The number of hydrogen-bond donors (Lipinski definition) is 2. The standard InChI is InChI=1S/C14H14F2N2O2S/c1-9(17)10-4-2-5-11(8-10)21(19,20)18-13-7-3-6-12(15)14(13)16/h2-9,18H,17H2,1H3. The second kappa shape index (κ2) is 5.79. The Morgan fingerprint density at radius 3 is 2.48 bits per heavy atom. The summed E-state index contributed by atoms with van der Waals surface area (Å²) in [5.74, 6) is -2.37. The number of halogens is 2. The zero-order valence-electron chi connectivity index (χ0n) is 11.2. The van der Waals surface area contributed by atoms with Crippen LogP contribution in [-0.2, 0) is 10.0 Å². The number of sulfonamides is 1. The van der Waals surface area contributed by atoms with Crippen molar-refractivity contribution in [2.45, 2.75) is 17.9 Å². The zero-order chi connectivity index (χ0) is 15.6. The van der Waals surface area contributed by atoms with Gasteiger partial charge in [0.05, 0.1) is 10.6 Å². The monoisotopic (exact) mass is 312 g/mol. The Labute approximate surface area is 121 Å². The van der Waals surface area contributed by atoms with E-state index in [0.717, 1.165) is 12.1 Å². The van der Waals surface area contributed by atoms with Crippen LogP contribution in [0.4, 0.5) is 14.5 Å². The highest BCUT2D eigenvalue weighted by Gasteiger charge is 2.18. The third kappa shape index (κ3) is 3.37. The lowest BCUT2D eigenvalue weighted by Crippen LogP contribution is -2.15. The molecule has 7 heteroatoms. The van der Waals surface area contributed by atoms with Crippen molar-refractivity contribution in [3.63, 3.8) is 0 Å². The number of hydrogen-bond acceptors (Lipinski definition) is 3. The van der Waals surface area contributed by atoms with Crippen molar-refractivity contribution >= 4 is 15.7 Å². The molecule has 0 aliphatic carbocycles. The minimum absolute atomic E-state index is 0.0686. The molecular weight excluding hydrogens is 298 g/mol. The van der Waals surface area contributed by atoms with Crippen LogP contribution in [0.2, 0.25) is 0 Å². The lowest BCUT2D eigenvalue weighted by molar-refractivity contribution is 0.511. The Morgan fingerprint density at radius 1 is 1.14 bits per heavy atom. The van der Waals surface area contributed by atoms with Gasteiger partial charge >= 0.3 is 0 Å². The molecular formula is C14H14F2N2O2S. The van der Waals surface area contributed by atoms with Gasteiger partial charge in [-0.25, -0.2) is 17.2 Å². The number of benzene rings is 2. The summed E-state index contributed by atoms with van der Waals surface area (Å²) in [7, 11) is -4.02. The predicted molar refractivity (Wildman–Crippen MR) is 76.2 cm³/mol. The predicted octanol–water partition coefficient (Wildman–Crippen LogP) is 2.79. The maximum Gasteiger partial charge on any atom is 0.261 e. The smallest absolute Gasteiger partial charge is 0.261 e. The first-order valence-electron chi connectivity index (χ1n) is 6.13. The number of nitrogens with two attached hydrogens (primary N) is 1. The van der Waals surface area contributed by atoms with E-state index in [1.165, 1.54) is 24.3 Å². The average Bonchev–Trinajstić information content (AvgIpc) is 2.44. The van der Waals surface area contributed by atoms with Gasteiger partial charge in [0.15, 0.2) is 11.6 Å².